The van der Waals surface area contributed by atoms with E-state index in [1.165, 1.54) is 25.3 Å². The molecule has 0 atom stereocenters. The van der Waals surface area contributed by atoms with Crippen molar-refractivity contribution in [1.29, 1.82) is 0 Å². The van der Waals surface area contributed by atoms with Gasteiger partial charge in [-0.1, -0.05) is 23.9 Å². The predicted octanol–water partition coefficient (Wildman–Crippen LogP) is 3.47. The Morgan fingerprint density at radius 1 is 1.27 bits per heavy atom. The number of nitrogens with zero attached hydrogens (tertiary/aromatic N) is 3. The summed E-state index contributed by atoms with van der Waals surface area (Å²) in [4.78, 5) is 40.7. The van der Waals surface area contributed by atoms with E-state index in [0.29, 0.717) is 48.0 Å². The van der Waals surface area contributed by atoms with E-state index in [0.717, 1.165) is 11.8 Å². The summed E-state index contributed by atoms with van der Waals surface area (Å²) in [6, 6.07) is 11.0. The number of thioether (sulfide) groups is 1. The number of ether oxygens (including phenoxy) is 2. The van der Waals surface area contributed by atoms with E-state index in [1.54, 1.807) is 28.8 Å². The maximum atomic E-state index is 13.0. The van der Waals surface area contributed by atoms with E-state index in [9.17, 15) is 19.7 Å². The highest BCUT2D eigenvalue weighted by Crippen LogP contribution is 2.29. The first-order valence-corrected chi connectivity index (χ1v) is 11.3. The third-order valence-electron chi connectivity index (χ3n) is 4.70. The first kappa shape index (κ1) is 24.2. The average molecular weight is 473 g/mol. The van der Waals surface area contributed by atoms with Gasteiger partial charge in [-0.25, -0.2) is 4.98 Å². The molecule has 0 spiro atoms. The van der Waals surface area contributed by atoms with Crippen molar-refractivity contribution < 1.29 is 19.2 Å². The van der Waals surface area contributed by atoms with Gasteiger partial charge in [-0.3, -0.25) is 24.3 Å². The summed E-state index contributed by atoms with van der Waals surface area (Å²) in [5.41, 5.74) is 0.392. The molecule has 3 aromatic rings. The van der Waals surface area contributed by atoms with Gasteiger partial charge in [0, 0.05) is 31.9 Å². The Morgan fingerprint density at radius 3 is 2.79 bits per heavy atom. The van der Waals surface area contributed by atoms with Crippen molar-refractivity contribution in [2.75, 3.05) is 31.4 Å². The lowest BCUT2D eigenvalue weighted by atomic mass is 10.2. The van der Waals surface area contributed by atoms with Gasteiger partial charge < -0.3 is 14.8 Å². The van der Waals surface area contributed by atoms with Crippen molar-refractivity contribution in [3.05, 3.63) is 62.9 Å². The molecule has 1 amide bonds. The zero-order valence-corrected chi connectivity index (χ0v) is 19.1. The number of anilines is 1. The highest BCUT2D eigenvalue weighted by Gasteiger charge is 2.16. The number of amides is 1. The predicted molar refractivity (Wildman–Crippen MR) is 126 cm³/mol. The van der Waals surface area contributed by atoms with Crippen molar-refractivity contribution in [1.82, 2.24) is 9.55 Å². The molecule has 0 radical (unpaired) electrons. The quantitative estimate of drug-likeness (QED) is 0.148. The lowest BCUT2D eigenvalue weighted by Gasteiger charge is -2.14. The van der Waals surface area contributed by atoms with Crippen LogP contribution in [0.15, 0.2) is 52.4 Å². The van der Waals surface area contributed by atoms with Crippen LogP contribution in [0.4, 0.5) is 11.4 Å². The van der Waals surface area contributed by atoms with Gasteiger partial charge in [0.25, 0.3) is 11.2 Å². The first-order chi connectivity index (χ1) is 15.9. The molecule has 11 heteroatoms. The van der Waals surface area contributed by atoms with Gasteiger partial charge in [-0.15, -0.1) is 0 Å². The number of non-ortho nitro benzene ring substituents is 1. The summed E-state index contributed by atoms with van der Waals surface area (Å²) in [6.45, 7) is 3.40. The number of benzene rings is 2. The fourth-order valence-electron chi connectivity index (χ4n) is 3.15. The van der Waals surface area contributed by atoms with Crippen molar-refractivity contribution in [3.8, 4) is 5.75 Å². The van der Waals surface area contributed by atoms with Gasteiger partial charge in [-0.2, -0.15) is 0 Å². The molecule has 0 bridgehead atoms. The number of para-hydroxylation sites is 1. The van der Waals surface area contributed by atoms with Crippen LogP contribution in [-0.4, -0.2) is 46.5 Å². The summed E-state index contributed by atoms with van der Waals surface area (Å²) in [5.74, 6) is -0.167. The van der Waals surface area contributed by atoms with Gasteiger partial charge in [-0.05, 0) is 31.5 Å². The second-order valence-corrected chi connectivity index (χ2v) is 7.84. The maximum absolute atomic E-state index is 13.0. The SMILES string of the molecule is CCOCCCn1c(SCC(=O)Nc2cc([N+](=O)[O-])ccc2OC)nc2ccccc2c1=O. The Balaban J connectivity index is 1.80. The second-order valence-electron chi connectivity index (χ2n) is 6.90. The van der Waals surface area contributed by atoms with Crippen molar-refractivity contribution in [2.24, 2.45) is 0 Å². The molecule has 10 nitrogen and oxygen atoms in total. The maximum Gasteiger partial charge on any atom is 0.271 e. The minimum Gasteiger partial charge on any atom is -0.495 e. The number of hydrogen-bond donors (Lipinski definition) is 1. The number of carbonyl (C=O) groups is 1. The van der Waals surface area contributed by atoms with Gasteiger partial charge in [0.1, 0.15) is 5.75 Å². The second kappa shape index (κ2) is 11.4. The Labute approximate surface area is 194 Å². The minimum absolute atomic E-state index is 0.0535. The number of nitro benzene ring substituents is 1. The number of rotatable bonds is 11. The molecule has 0 fully saturated rings. The summed E-state index contributed by atoms with van der Waals surface area (Å²) in [7, 11) is 1.41. The number of carbonyl (C=O) groups excluding carboxylic acids is 1. The van der Waals surface area contributed by atoms with Crippen molar-refractivity contribution in [2.45, 2.75) is 25.0 Å². The zero-order valence-electron chi connectivity index (χ0n) is 18.3. The summed E-state index contributed by atoms with van der Waals surface area (Å²) < 4.78 is 12.1. The number of fused-ring (bicyclic) bond motifs is 1. The van der Waals surface area contributed by atoms with Crippen LogP contribution < -0.4 is 15.6 Å². The largest absolute Gasteiger partial charge is 0.495 e. The number of nitrogens with one attached hydrogen (secondary N) is 1. The minimum atomic E-state index is -0.552. The topological polar surface area (TPSA) is 126 Å². The van der Waals surface area contributed by atoms with Crippen LogP contribution in [0.25, 0.3) is 10.9 Å². The van der Waals surface area contributed by atoms with Crippen LogP contribution in [0.2, 0.25) is 0 Å². The molecule has 1 heterocycles. The molecular formula is C22H24N4O6S. The molecular weight excluding hydrogens is 448 g/mol. The molecule has 33 heavy (non-hydrogen) atoms. The zero-order chi connectivity index (χ0) is 23.8. The van der Waals surface area contributed by atoms with E-state index in [2.05, 4.69) is 10.3 Å². The van der Waals surface area contributed by atoms with Gasteiger partial charge in [0.2, 0.25) is 5.91 Å². The standard InChI is InChI=1S/C22H24N4O6S/c1-3-32-12-6-11-25-21(28)16-7-4-5-8-17(16)24-22(25)33-14-20(27)23-18-13-15(26(29)30)9-10-19(18)31-2/h4-5,7-10,13H,3,6,11-12,14H2,1-2H3,(H,23,27). The third kappa shape index (κ3) is 6.08. The van der Waals surface area contributed by atoms with Crippen LogP contribution in [0.3, 0.4) is 0 Å². The number of methoxy groups -OCH3 is 1. The lowest BCUT2D eigenvalue weighted by Crippen LogP contribution is -2.25. The Morgan fingerprint density at radius 2 is 2.06 bits per heavy atom. The molecule has 0 unspecified atom stereocenters. The van der Waals surface area contributed by atoms with Crippen LogP contribution in [0.1, 0.15) is 13.3 Å². The van der Waals surface area contributed by atoms with E-state index in [-0.39, 0.29) is 22.7 Å². The van der Waals surface area contributed by atoms with E-state index in [4.69, 9.17) is 9.47 Å². The summed E-state index contributed by atoms with van der Waals surface area (Å²) >= 11 is 1.12. The molecule has 1 aromatic heterocycles. The Hall–Kier alpha value is -3.44. The molecule has 0 aliphatic heterocycles. The molecule has 2 aromatic carbocycles. The fraction of sp³-hybridized carbons (Fsp3) is 0.318. The first-order valence-electron chi connectivity index (χ1n) is 10.3. The number of aromatic nitrogens is 2. The third-order valence-corrected chi connectivity index (χ3v) is 5.68. The molecule has 0 aliphatic rings. The lowest BCUT2D eigenvalue weighted by molar-refractivity contribution is -0.384. The van der Waals surface area contributed by atoms with Crippen molar-refractivity contribution >= 4 is 39.9 Å². The van der Waals surface area contributed by atoms with Crippen LogP contribution in [0.5, 0.6) is 5.75 Å². The van der Waals surface area contributed by atoms with Gasteiger partial charge in [0.15, 0.2) is 5.16 Å². The van der Waals surface area contributed by atoms with Crippen molar-refractivity contribution in [3.63, 3.8) is 0 Å². The normalized spacial score (nSPS) is 10.8. The van der Waals surface area contributed by atoms with Gasteiger partial charge in [0.05, 0.1) is 34.4 Å². The summed E-state index contributed by atoms with van der Waals surface area (Å²) in [5, 5.41) is 14.6. The molecule has 174 valence electrons. The average Bonchev–Trinajstić information content (AvgIpc) is 2.81. The molecule has 0 saturated carbocycles. The number of hydrogen-bond acceptors (Lipinski definition) is 8. The van der Waals surface area contributed by atoms with Crippen LogP contribution in [0, 0.1) is 10.1 Å². The van der Waals surface area contributed by atoms with E-state index in [1.807, 2.05) is 6.92 Å². The highest BCUT2D eigenvalue weighted by molar-refractivity contribution is 7.99. The van der Waals surface area contributed by atoms with E-state index < -0.39 is 10.8 Å². The molecule has 0 aliphatic carbocycles. The smallest absolute Gasteiger partial charge is 0.271 e. The molecule has 1 N–H and O–H groups in total. The Kier molecular flexibility index (Phi) is 8.39. The fourth-order valence-corrected chi connectivity index (χ4v) is 3.97. The van der Waals surface area contributed by atoms with Crippen LogP contribution in [-0.2, 0) is 16.1 Å². The Bertz CT molecular complexity index is 1210. The van der Waals surface area contributed by atoms with E-state index >= 15 is 0 Å². The highest BCUT2D eigenvalue weighted by atomic mass is 32.2. The summed E-state index contributed by atoms with van der Waals surface area (Å²) in [6.07, 6.45) is 0.623. The van der Waals surface area contributed by atoms with Gasteiger partial charge >= 0.3 is 0 Å². The molecule has 3 rings (SSSR count). The number of nitro groups is 1. The monoisotopic (exact) mass is 472 g/mol. The molecule has 0 saturated heterocycles. The van der Waals surface area contributed by atoms with Crippen LogP contribution >= 0.6 is 11.8 Å².